The van der Waals surface area contributed by atoms with E-state index in [4.69, 9.17) is 4.74 Å². The zero-order chi connectivity index (χ0) is 15.1. The van der Waals surface area contributed by atoms with E-state index in [1.807, 2.05) is 23.1 Å². The molecule has 0 radical (unpaired) electrons. The molecule has 0 aliphatic carbocycles. The van der Waals surface area contributed by atoms with Crippen LogP contribution < -0.4 is 5.32 Å². The molecule has 0 aromatic heterocycles. The lowest BCUT2D eigenvalue weighted by Gasteiger charge is -2.33. The number of nitrogens with one attached hydrogen (secondary N) is 1. The van der Waals surface area contributed by atoms with Crippen LogP contribution in [0.15, 0.2) is 30.3 Å². The van der Waals surface area contributed by atoms with Crippen LogP contribution in [-0.4, -0.2) is 54.8 Å². The summed E-state index contributed by atoms with van der Waals surface area (Å²) in [6.45, 7) is 4.77. The van der Waals surface area contributed by atoms with E-state index in [2.05, 4.69) is 30.6 Å². The Hall–Kier alpha value is -1.20. The molecule has 0 unspecified atom stereocenters. The number of thioether (sulfide) groups is 1. The molecule has 5 heteroatoms. The van der Waals surface area contributed by atoms with Gasteiger partial charge in [0.05, 0.1) is 12.7 Å². The summed E-state index contributed by atoms with van der Waals surface area (Å²) < 4.78 is 5.78. The van der Waals surface area contributed by atoms with Crippen LogP contribution >= 0.6 is 11.8 Å². The second kappa shape index (κ2) is 8.29. The first-order valence-corrected chi connectivity index (χ1v) is 8.69. The summed E-state index contributed by atoms with van der Waals surface area (Å²) in [5.41, 5.74) is 1.25. The van der Waals surface area contributed by atoms with E-state index >= 15 is 0 Å². The van der Waals surface area contributed by atoms with Crippen LogP contribution in [0, 0.1) is 0 Å². The Balaban J connectivity index is 1.81. The molecule has 1 heterocycles. The molecule has 0 saturated carbocycles. The molecule has 1 aliphatic rings. The molecule has 2 rings (SSSR count). The van der Waals surface area contributed by atoms with E-state index in [9.17, 15) is 4.79 Å². The topological polar surface area (TPSA) is 41.6 Å². The maximum atomic E-state index is 12.2. The highest BCUT2D eigenvalue weighted by Gasteiger charge is 2.24. The van der Waals surface area contributed by atoms with Crippen LogP contribution in [0.1, 0.15) is 12.5 Å². The van der Waals surface area contributed by atoms with Crippen LogP contribution in [0.5, 0.6) is 0 Å². The summed E-state index contributed by atoms with van der Waals surface area (Å²) in [5.74, 6) is 0. The Bertz CT molecular complexity index is 441. The monoisotopic (exact) mass is 308 g/mol. The first-order chi connectivity index (χ1) is 10.2. The van der Waals surface area contributed by atoms with Gasteiger partial charge in [-0.25, -0.2) is 4.79 Å². The number of carbonyl (C=O) groups is 1. The number of hydrogen-bond acceptors (Lipinski definition) is 3. The van der Waals surface area contributed by atoms with Crippen LogP contribution in [0.25, 0.3) is 0 Å². The van der Waals surface area contributed by atoms with E-state index in [0.717, 1.165) is 6.42 Å². The molecule has 0 spiro atoms. The average Bonchev–Trinajstić information content (AvgIpc) is 2.53. The maximum absolute atomic E-state index is 12.2. The minimum absolute atomic E-state index is 0.0252. The lowest BCUT2D eigenvalue weighted by atomic mass is 10.1. The fraction of sp³-hybridized carbons (Fsp3) is 0.562. The van der Waals surface area contributed by atoms with Gasteiger partial charge < -0.3 is 15.0 Å². The summed E-state index contributed by atoms with van der Waals surface area (Å²) in [6.07, 6.45) is 3.00. The van der Waals surface area contributed by atoms with Gasteiger partial charge in [0.2, 0.25) is 0 Å². The van der Waals surface area contributed by atoms with Crippen molar-refractivity contribution in [2.24, 2.45) is 0 Å². The molecular weight excluding hydrogens is 284 g/mol. The highest BCUT2D eigenvalue weighted by atomic mass is 32.2. The van der Waals surface area contributed by atoms with Crippen molar-refractivity contribution in [1.29, 1.82) is 0 Å². The number of ether oxygens (including phenoxy) is 1. The summed E-state index contributed by atoms with van der Waals surface area (Å²) in [7, 11) is 0. The molecule has 2 atom stereocenters. The third-order valence-corrected chi connectivity index (χ3v) is 4.65. The van der Waals surface area contributed by atoms with Crippen molar-refractivity contribution in [2.45, 2.75) is 24.7 Å². The van der Waals surface area contributed by atoms with Gasteiger partial charge in [0.1, 0.15) is 0 Å². The Morgan fingerprint density at radius 1 is 1.48 bits per heavy atom. The minimum atomic E-state index is 0.0252. The van der Waals surface area contributed by atoms with Gasteiger partial charge >= 0.3 is 6.03 Å². The van der Waals surface area contributed by atoms with Crippen molar-refractivity contribution < 1.29 is 9.53 Å². The molecular formula is C16H24N2O2S. The first kappa shape index (κ1) is 16.2. The van der Waals surface area contributed by atoms with E-state index in [1.54, 1.807) is 11.8 Å². The third-order valence-electron chi connectivity index (χ3n) is 3.68. The summed E-state index contributed by atoms with van der Waals surface area (Å²) in [4.78, 5) is 14.0. The first-order valence-electron chi connectivity index (χ1n) is 7.40. The number of carbonyl (C=O) groups excluding carboxylic acids is 1. The predicted octanol–water partition coefficient (Wildman–Crippen LogP) is 2.39. The Labute approximate surface area is 131 Å². The van der Waals surface area contributed by atoms with E-state index < -0.39 is 0 Å². The van der Waals surface area contributed by atoms with Crippen LogP contribution in [0.4, 0.5) is 4.79 Å². The molecule has 1 aromatic carbocycles. The molecule has 1 fully saturated rings. The zero-order valence-electron chi connectivity index (χ0n) is 12.7. The summed E-state index contributed by atoms with van der Waals surface area (Å²) >= 11 is 1.76. The molecule has 1 aromatic rings. The van der Waals surface area contributed by atoms with Crippen LogP contribution in [0.3, 0.4) is 0 Å². The normalized spacial score (nSPS) is 20.1. The van der Waals surface area contributed by atoms with Crippen molar-refractivity contribution >= 4 is 17.8 Å². The van der Waals surface area contributed by atoms with E-state index in [-0.39, 0.29) is 12.1 Å². The average molecular weight is 308 g/mol. The number of benzene rings is 1. The summed E-state index contributed by atoms with van der Waals surface area (Å²) in [6, 6.07) is 10.3. The van der Waals surface area contributed by atoms with Crippen LogP contribution in [-0.2, 0) is 11.2 Å². The Morgan fingerprint density at radius 2 is 2.24 bits per heavy atom. The van der Waals surface area contributed by atoms with Gasteiger partial charge in [0.15, 0.2) is 0 Å². The highest BCUT2D eigenvalue weighted by molar-refractivity contribution is 7.99. The molecule has 1 N–H and O–H groups in total. The quantitative estimate of drug-likeness (QED) is 0.908. The molecule has 0 bridgehead atoms. The number of hydrogen-bond donors (Lipinski definition) is 1. The number of rotatable bonds is 5. The fourth-order valence-corrected chi connectivity index (χ4v) is 2.58. The van der Waals surface area contributed by atoms with Crippen LogP contribution in [0.2, 0.25) is 0 Å². The van der Waals surface area contributed by atoms with Crippen molar-refractivity contribution in [3.63, 3.8) is 0 Å². The standard InChI is InChI=1S/C16H24N2O2S/c1-13(21-2)11-17-16(19)18-8-9-20-15(12-18)10-14-6-4-3-5-7-14/h3-7,13,15H,8-12H2,1-2H3,(H,17,19)/t13-,15-/m1/s1. The molecule has 116 valence electrons. The zero-order valence-corrected chi connectivity index (χ0v) is 13.6. The van der Waals surface area contributed by atoms with Gasteiger partial charge in [-0.1, -0.05) is 37.3 Å². The SMILES string of the molecule is CS[C@H](C)CNC(=O)N1CCO[C@H](Cc2ccccc2)C1. The van der Waals surface area contributed by atoms with Crippen molar-refractivity contribution in [2.75, 3.05) is 32.5 Å². The Morgan fingerprint density at radius 3 is 2.95 bits per heavy atom. The van der Waals surface area contributed by atoms with Gasteiger partial charge in [-0.05, 0) is 11.8 Å². The highest BCUT2D eigenvalue weighted by Crippen LogP contribution is 2.12. The third kappa shape index (κ3) is 5.25. The number of nitrogens with zero attached hydrogens (tertiary/aromatic N) is 1. The van der Waals surface area contributed by atoms with Gasteiger partial charge in [0.25, 0.3) is 0 Å². The largest absolute Gasteiger partial charge is 0.374 e. The molecule has 1 aliphatic heterocycles. The van der Waals surface area contributed by atoms with Gasteiger partial charge in [-0.3, -0.25) is 0 Å². The summed E-state index contributed by atoms with van der Waals surface area (Å²) in [5, 5.41) is 3.44. The minimum Gasteiger partial charge on any atom is -0.374 e. The maximum Gasteiger partial charge on any atom is 0.317 e. The molecule has 21 heavy (non-hydrogen) atoms. The fourth-order valence-electron chi connectivity index (χ4n) is 2.33. The van der Waals surface area contributed by atoms with Crippen molar-refractivity contribution in [3.8, 4) is 0 Å². The van der Waals surface area contributed by atoms with E-state index in [0.29, 0.717) is 31.5 Å². The smallest absolute Gasteiger partial charge is 0.317 e. The second-order valence-corrected chi connectivity index (χ2v) is 6.64. The molecule has 1 saturated heterocycles. The van der Waals surface area contributed by atoms with Crippen molar-refractivity contribution in [1.82, 2.24) is 10.2 Å². The Kier molecular flexibility index (Phi) is 6.39. The predicted molar refractivity (Wildman–Crippen MR) is 87.8 cm³/mol. The number of morpholine rings is 1. The van der Waals surface area contributed by atoms with Gasteiger partial charge in [-0.15, -0.1) is 0 Å². The number of amides is 2. The van der Waals surface area contributed by atoms with E-state index in [1.165, 1.54) is 5.56 Å². The lowest BCUT2D eigenvalue weighted by molar-refractivity contribution is -0.0132. The van der Waals surface area contributed by atoms with Gasteiger partial charge in [0, 0.05) is 31.3 Å². The molecule has 4 nitrogen and oxygen atoms in total. The number of urea groups is 1. The molecule has 2 amide bonds. The lowest BCUT2D eigenvalue weighted by Crippen LogP contribution is -2.50. The van der Waals surface area contributed by atoms with Crippen molar-refractivity contribution in [3.05, 3.63) is 35.9 Å². The second-order valence-electron chi connectivity index (χ2n) is 5.36. The van der Waals surface area contributed by atoms with Gasteiger partial charge in [-0.2, -0.15) is 11.8 Å².